The quantitative estimate of drug-likeness (QED) is 0.403. The number of aliphatic hydroxyl groups is 1. The zero-order chi connectivity index (χ0) is 22.2. The fraction of sp³-hybridized carbons (Fsp3) is 0.423. The summed E-state index contributed by atoms with van der Waals surface area (Å²) in [6.45, 7) is 10.4. The van der Waals surface area contributed by atoms with Crippen molar-refractivity contribution in [3.05, 3.63) is 65.2 Å². The van der Waals surface area contributed by atoms with Crippen molar-refractivity contribution in [2.45, 2.75) is 45.8 Å². The Hall–Kier alpha value is -1.98. The Bertz CT molecular complexity index is 957. The Morgan fingerprint density at radius 3 is 2.48 bits per heavy atom. The second-order valence-corrected chi connectivity index (χ2v) is 8.55. The molecule has 0 aliphatic heterocycles. The van der Waals surface area contributed by atoms with Gasteiger partial charge >= 0.3 is 0 Å². The smallest absolute Gasteiger partial charge is 0.0921 e. The Kier molecular flexibility index (Phi) is 8.85. The molecule has 0 saturated heterocycles. The second kappa shape index (κ2) is 11.6. The zero-order valence-electron chi connectivity index (χ0n) is 18.8. The molecular formula is C26H34ClN3O. The predicted molar refractivity (Wildman–Crippen MR) is 132 cm³/mol. The van der Waals surface area contributed by atoms with Gasteiger partial charge in [0.2, 0.25) is 0 Å². The number of fused-ring (bicyclic) bond motifs is 1. The highest BCUT2D eigenvalue weighted by molar-refractivity contribution is 6.30. The van der Waals surface area contributed by atoms with Crippen LogP contribution in [0, 0.1) is 0 Å². The Morgan fingerprint density at radius 1 is 1.06 bits per heavy atom. The van der Waals surface area contributed by atoms with Crippen molar-refractivity contribution in [1.29, 1.82) is 0 Å². The fourth-order valence-corrected chi connectivity index (χ4v) is 4.06. The summed E-state index contributed by atoms with van der Waals surface area (Å²) in [6, 6.07) is 18.0. The highest BCUT2D eigenvalue weighted by Crippen LogP contribution is 2.29. The van der Waals surface area contributed by atoms with E-state index in [1.165, 1.54) is 0 Å². The molecule has 166 valence electrons. The molecule has 0 aliphatic rings. The van der Waals surface area contributed by atoms with Gasteiger partial charge in [0.25, 0.3) is 0 Å². The van der Waals surface area contributed by atoms with Gasteiger partial charge in [0.05, 0.1) is 17.3 Å². The largest absolute Gasteiger partial charge is 0.387 e. The van der Waals surface area contributed by atoms with Gasteiger partial charge in [-0.15, -0.1) is 0 Å². The molecule has 2 N–H and O–H groups in total. The third kappa shape index (κ3) is 6.50. The van der Waals surface area contributed by atoms with E-state index in [1.54, 1.807) is 0 Å². The lowest BCUT2D eigenvalue weighted by Gasteiger charge is -2.21. The maximum atomic E-state index is 11.1. The number of aromatic nitrogens is 1. The number of hydrogen-bond acceptors (Lipinski definition) is 4. The van der Waals surface area contributed by atoms with Crippen LogP contribution >= 0.6 is 11.6 Å². The molecule has 0 amide bonds. The summed E-state index contributed by atoms with van der Waals surface area (Å²) in [4.78, 5) is 7.25. The van der Waals surface area contributed by atoms with E-state index in [4.69, 9.17) is 16.6 Å². The lowest BCUT2D eigenvalue weighted by molar-refractivity contribution is 0.170. The van der Waals surface area contributed by atoms with E-state index >= 15 is 0 Å². The lowest BCUT2D eigenvalue weighted by Crippen LogP contribution is -2.32. The Labute approximate surface area is 191 Å². The summed E-state index contributed by atoms with van der Waals surface area (Å²) in [5, 5.41) is 16.3. The van der Waals surface area contributed by atoms with E-state index in [0.29, 0.717) is 17.6 Å². The van der Waals surface area contributed by atoms with Crippen LogP contribution in [-0.4, -0.2) is 47.2 Å². The third-order valence-electron chi connectivity index (χ3n) is 5.91. The fourth-order valence-electron chi connectivity index (χ4n) is 3.93. The summed E-state index contributed by atoms with van der Waals surface area (Å²) in [5.74, 6) is 0. The monoisotopic (exact) mass is 439 g/mol. The van der Waals surface area contributed by atoms with E-state index in [1.807, 2.05) is 54.6 Å². The van der Waals surface area contributed by atoms with Crippen molar-refractivity contribution in [2.24, 2.45) is 0 Å². The SMILES string of the molecule is CCN(CC)CCCC(C)NCC(O)c1cc(-c2ccc(Cl)cc2)nc2ccccc12. The number of para-hydroxylation sites is 1. The molecule has 0 bridgehead atoms. The third-order valence-corrected chi connectivity index (χ3v) is 6.16. The molecule has 4 nitrogen and oxygen atoms in total. The minimum Gasteiger partial charge on any atom is -0.387 e. The molecule has 0 radical (unpaired) electrons. The summed E-state index contributed by atoms with van der Waals surface area (Å²) in [6.07, 6.45) is 1.64. The van der Waals surface area contributed by atoms with Gasteiger partial charge in [-0.05, 0) is 69.2 Å². The molecule has 3 rings (SSSR count). The number of nitrogens with one attached hydrogen (secondary N) is 1. The number of rotatable bonds is 11. The molecule has 5 heteroatoms. The van der Waals surface area contributed by atoms with E-state index in [-0.39, 0.29) is 0 Å². The van der Waals surface area contributed by atoms with Gasteiger partial charge in [0.15, 0.2) is 0 Å². The molecule has 1 heterocycles. The van der Waals surface area contributed by atoms with Crippen LogP contribution in [0.1, 0.15) is 45.3 Å². The highest BCUT2D eigenvalue weighted by atomic mass is 35.5. The molecular weight excluding hydrogens is 406 g/mol. The first-order chi connectivity index (χ1) is 15.0. The molecule has 0 saturated carbocycles. The van der Waals surface area contributed by atoms with Crippen LogP contribution < -0.4 is 5.32 Å². The van der Waals surface area contributed by atoms with Gasteiger partial charge in [0.1, 0.15) is 0 Å². The van der Waals surface area contributed by atoms with Gasteiger partial charge in [0, 0.05) is 28.6 Å². The Balaban J connectivity index is 1.71. The molecule has 0 spiro atoms. The van der Waals surface area contributed by atoms with Gasteiger partial charge in [-0.25, -0.2) is 4.98 Å². The number of aliphatic hydroxyl groups excluding tert-OH is 1. The van der Waals surface area contributed by atoms with Crippen molar-refractivity contribution in [3.8, 4) is 11.3 Å². The lowest BCUT2D eigenvalue weighted by atomic mass is 10.00. The van der Waals surface area contributed by atoms with Gasteiger partial charge in [-0.2, -0.15) is 0 Å². The number of nitrogens with zero attached hydrogens (tertiary/aromatic N) is 2. The van der Waals surface area contributed by atoms with E-state index in [2.05, 4.69) is 31.0 Å². The first-order valence-corrected chi connectivity index (χ1v) is 11.7. The van der Waals surface area contributed by atoms with Crippen LogP contribution in [-0.2, 0) is 0 Å². The first-order valence-electron chi connectivity index (χ1n) is 11.3. The number of halogens is 1. The van der Waals surface area contributed by atoms with Gasteiger partial charge in [-0.3, -0.25) is 0 Å². The normalized spacial score (nSPS) is 13.6. The van der Waals surface area contributed by atoms with Crippen LogP contribution in [0.3, 0.4) is 0 Å². The second-order valence-electron chi connectivity index (χ2n) is 8.11. The van der Waals surface area contributed by atoms with Crippen LogP contribution in [0.4, 0.5) is 0 Å². The standard InChI is InChI=1S/C26H34ClN3O/c1-4-30(5-2)16-8-9-19(3)28-18-26(31)23-17-25(20-12-14-21(27)15-13-20)29-24-11-7-6-10-22(23)24/h6-7,10-15,17,19,26,28,31H,4-5,8-9,16,18H2,1-3H3. The van der Waals surface area contributed by atoms with Crippen molar-refractivity contribution >= 4 is 22.5 Å². The molecule has 0 aliphatic carbocycles. The average molecular weight is 440 g/mol. The maximum Gasteiger partial charge on any atom is 0.0921 e. The van der Waals surface area contributed by atoms with Crippen molar-refractivity contribution in [1.82, 2.24) is 15.2 Å². The van der Waals surface area contributed by atoms with Crippen LogP contribution in [0.2, 0.25) is 5.02 Å². The molecule has 2 unspecified atom stereocenters. The van der Waals surface area contributed by atoms with E-state index in [9.17, 15) is 5.11 Å². The zero-order valence-corrected chi connectivity index (χ0v) is 19.6. The van der Waals surface area contributed by atoms with Gasteiger partial charge in [-0.1, -0.05) is 55.8 Å². The summed E-state index contributed by atoms with van der Waals surface area (Å²) >= 11 is 6.05. The average Bonchev–Trinajstić information content (AvgIpc) is 2.80. The Morgan fingerprint density at radius 2 is 1.77 bits per heavy atom. The predicted octanol–water partition coefficient (Wildman–Crippen LogP) is 5.69. The van der Waals surface area contributed by atoms with E-state index < -0.39 is 6.10 Å². The van der Waals surface area contributed by atoms with Crippen molar-refractivity contribution in [2.75, 3.05) is 26.2 Å². The molecule has 0 fully saturated rings. The number of pyridine rings is 1. The molecule has 2 aromatic carbocycles. The van der Waals surface area contributed by atoms with Crippen molar-refractivity contribution < 1.29 is 5.11 Å². The van der Waals surface area contributed by atoms with Crippen LogP contribution in [0.5, 0.6) is 0 Å². The highest BCUT2D eigenvalue weighted by Gasteiger charge is 2.16. The maximum absolute atomic E-state index is 11.1. The van der Waals surface area contributed by atoms with Crippen molar-refractivity contribution in [3.63, 3.8) is 0 Å². The van der Waals surface area contributed by atoms with Crippen LogP contribution in [0.15, 0.2) is 54.6 Å². The number of benzene rings is 2. The van der Waals surface area contributed by atoms with Gasteiger partial charge < -0.3 is 15.3 Å². The summed E-state index contributed by atoms with van der Waals surface area (Å²) in [7, 11) is 0. The van der Waals surface area contributed by atoms with Crippen LogP contribution in [0.25, 0.3) is 22.2 Å². The number of hydrogen-bond donors (Lipinski definition) is 2. The first kappa shape index (κ1) is 23.7. The molecule has 31 heavy (non-hydrogen) atoms. The minimum absolute atomic E-state index is 0.356. The molecule has 3 aromatic rings. The summed E-state index contributed by atoms with van der Waals surface area (Å²) < 4.78 is 0. The van der Waals surface area contributed by atoms with E-state index in [0.717, 1.165) is 60.2 Å². The topological polar surface area (TPSA) is 48.4 Å². The molecule has 2 atom stereocenters. The minimum atomic E-state index is -0.607. The summed E-state index contributed by atoms with van der Waals surface area (Å²) in [5.41, 5.74) is 3.62. The molecule has 1 aromatic heterocycles.